The molecule has 0 bridgehead atoms. The number of hydrogen-bond acceptors (Lipinski definition) is 4. The van der Waals surface area contributed by atoms with Crippen molar-refractivity contribution in [3.8, 4) is 0 Å². The molecule has 2 rings (SSSR count). The van der Waals surface area contributed by atoms with Crippen molar-refractivity contribution in [3.05, 3.63) is 13.1 Å². The lowest BCUT2D eigenvalue weighted by Gasteiger charge is -2.20. The van der Waals surface area contributed by atoms with Crippen molar-refractivity contribution in [2.45, 2.75) is 0 Å². The minimum absolute atomic E-state index is 0.656. The number of fused-ring (bicyclic) bond motifs is 1. The second-order valence-electron chi connectivity index (χ2n) is 2.67. The normalized spacial score (nSPS) is 15.1. The molecule has 0 unspecified atom stereocenters. The van der Waals surface area contributed by atoms with Crippen molar-refractivity contribution in [2.75, 3.05) is 7.05 Å². The molecule has 0 atom stereocenters. The highest BCUT2D eigenvalue weighted by Gasteiger charge is 2.31. The van der Waals surface area contributed by atoms with Crippen molar-refractivity contribution >= 4 is 61.9 Å². The van der Waals surface area contributed by atoms with Gasteiger partial charge in [0, 0.05) is 18.1 Å². The van der Waals surface area contributed by atoms with E-state index in [1.807, 2.05) is 0 Å². The second-order valence-corrected chi connectivity index (χ2v) is 6.33. The van der Waals surface area contributed by atoms with Crippen LogP contribution in [0.1, 0.15) is 5.56 Å². The zero-order valence-electron chi connectivity index (χ0n) is 6.66. The molecule has 1 N–H and O–H groups in total. The summed E-state index contributed by atoms with van der Waals surface area (Å²) in [7, 11) is 1.08. The molecular weight excluding hydrogens is 319 g/mol. The summed E-state index contributed by atoms with van der Waals surface area (Å²) in [5.74, 6) is 0. The van der Waals surface area contributed by atoms with E-state index >= 15 is 0 Å². The summed E-state index contributed by atoms with van der Waals surface area (Å²) >= 11 is 8.37. The Balaban J connectivity index is 2.61. The summed E-state index contributed by atoms with van der Waals surface area (Å²) in [6, 6.07) is 0. The predicted octanol–water partition coefficient (Wildman–Crippen LogP) is 1.24. The van der Waals surface area contributed by atoms with Gasteiger partial charge in [0.25, 0.3) is 0 Å². The summed E-state index contributed by atoms with van der Waals surface area (Å²) in [5, 5.41) is 13.8. The van der Waals surface area contributed by atoms with Crippen LogP contribution >= 0.6 is 43.2 Å². The van der Waals surface area contributed by atoms with Gasteiger partial charge in [-0.15, -0.1) is 11.3 Å². The molecule has 1 aromatic rings. The van der Waals surface area contributed by atoms with Crippen molar-refractivity contribution in [1.29, 1.82) is 0 Å². The van der Waals surface area contributed by atoms with Gasteiger partial charge in [0.05, 0.1) is 13.8 Å². The molecule has 68 valence electrons. The Morgan fingerprint density at radius 2 is 2.23 bits per heavy atom. The zero-order valence-corrected chi connectivity index (χ0v) is 10.6. The number of thiophene rings is 1. The maximum Gasteiger partial charge on any atom is 0.468 e. The molecule has 0 fully saturated rings. The molecule has 0 radical (unpaired) electrons. The number of halogens is 2. The Hall–Kier alpha value is 0.155. The van der Waals surface area contributed by atoms with Crippen molar-refractivity contribution in [1.82, 2.24) is 4.92 Å². The molecule has 0 spiro atoms. The van der Waals surface area contributed by atoms with Gasteiger partial charge in [0.1, 0.15) is 0 Å². The Bertz CT molecular complexity index is 381. The average Bonchev–Trinajstić information content (AvgIpc) is 2.35. The van der Waals surface area contributed by atoms with E-state index < -0.39 is 7.05 Å². The highest BCUT2D eigenvalue weighted by atomic mass is 79.9. The third kappa shape index (κ3) is 1.47. The maximum atomic E-state index is 9.79. The minimum Gasteiger partial charge on any atom is -0.428 e. The molecule has 0 amide bonds. The first-order valence-corrected chi connectivity index (χ1v) is 5.94. The highest BCUT2D eigenvalue weighted by Crippen LogP contribution is 2.30. The van der Waals surface area contributed by atoms with E-state index in [9.17, 15) is 5.02 Å². The van der Waals surface area contributed by atoms with Gasteiger partial charge in [-0.2, -0.15) is 5.10 Å². The van der Waals surface area contributed by atoms with Crippen LogP contribution in [0.4, 0.5) is 0 Å². The van der Waals surface area contributed by atoms with Crippen LogP contribution in [-0.2, 0) is 0 Å². The summed E-state index contributed by atoms with van der Waals surface area (Å²) in [4.78, 5) is 1.52. The van der Waals surface area contributed by atoms with Crippen LogP contribution in [0.2, 0.25) is 0 Å². The Morgan fingerprint density at radius 1 is 1.54 bits per heavy atom. The van der Waals surface area contributed by atoms with Crippen LogP contribution in [0, 0.1) is 0 Å². The minimum atomic E-state index is -0.656. The molecule has 1 aliphatic heterocycles. The lowest BCUT2D eigenvalue weighted by Crippen LogP contribution is -2.47. The lowest BCUT2D eigenvalue weighted by atomic mass is 9.72. The van der Waals surface area contributed by atoms with Crippen LogP contribution in [0.3, 0.4) is 0 Å². The first-order chi connectivity index (χ1) is 6.11. The fourth-order valence-corrected chi connectivity index (χ4v) is 4.27. The van der Waals surface area contributed by atoms with E-state index in [1.54, 1.807) is 24.6 Å². The smallest absolute Gasteiger partial charge is 0.428 e. The highest BCUT2D eigenvalue weighted by molar-refractivity contribution is 9.12. The Labute approximate surface area is 96.8 Å². The molecule has 1 aromatic heterocycles. The van der Waals surface area contributed by atoms with E-state index in [0.29, 0.717) is 0 Å². The largest absolute Gasteiger partial charge is 0.468 e. The van der Waals surface area contributed by atoms with Gasteiger partial charge in [-0.1, -0.05) is 0 Å². The molecule has 0 aromatic carbocycles. The third-order valence-electron chi connectivity index (χ3n) is 1.87. The number of nitrogens with zero attached hydrogens (tertiary/aromatic N) is 2. The van der Waals surface area contributed by atoms with Gasteiger partial charge in [-0.05, 0) is 31.9 Å². The quantitative estimate of drug-likeness (QED) is 0.729. The zero-order chi connectivity index (χ0) is 9.59. The summed E-state index contributed by atoms with van der Waals surface area (Å²) in [6.07, 6.45) is 1.74. The number of rotatable bonds is 0. The Morgan fingerprint density at radius 3 is 2.92 bits per heavy atom. The third-order valence-corrected chi connectivity index (χ3v) is 4.50. The Kier molecular flexibility index (Phi) is 2.52. The van der Waals surface area contributed by atoms with Crippen LogP contribution in [0.15, 0.2) is 12.7 Å². The molecular formula is C6H5BBr2N2OS. The van der Waals surface area contributed by atoms with Gasteiger partial charge in [-0.25, -0.2) is 0 Å². The molecule has 1 aliphatic rings. The molecule has 2 heterocycles. The number of hydrazone groups is 1. The topological polar surface area (TPSA) is 35.8 Å². The van der Waals surface area contributed by atoms with E-state index in [0.717, 1.165) is 18.6 Å². The fraction of sp³-hybridized carbons (Fsp3) is 0.167. The second kappa shape index (κ2) is 3.38. The van der Waals surface area contributed by atoms with Gasteiger partial charge >= 0.3 is 7.05 Å². The molecule has 0 saturated carbocycles. The standard InChI is InChI=1S/C6H5BBr2N2OS/c1-11-7(12)4-3(2-10-11)5(8)13-6(4)9/h2,12H,1H3. The molecule has 13 heavy (non-hydrogen) atoms. The van der Waals surface area contributed by atoms with E-state index in [2.05, 4.69) is 37.0 Å². The van der Waals surface area contributed by atoms with Gasteiger partial charge in [-0.3, -0.25) is 0 Å². The molecule has 0 saturated heterocycles. The predicted molar refractivity (Wildman–Crippen MR) is 62.7 cm³/mol. The molecule has 3 nitrogen and oxygen atoms in total. The average molecular weight is 324 g/mol. The van der Waals surface area contributed by atoms with Gasteiger partial charge < -0.3 is 9.94 Å². The number of hydrogen-bond donors (Lipinski definition) is 1. The summed E-state index contributed by atoms with van der Waals surface area (Å²) < 4.78 is 1.94. The van der Waals surface area contributed by atoms with Crippen LogP contribution in [0.25, 0.3) is 0 Å². The fourth-order valence-electron chi connectivity index (χ4n) is 1.16. The maximum absolute atomic E-state index is 9.79. The molecule has 0 aliphatic carbocycles. The summed E-state index contributed by atoms with van der Waals surface area (Å²) in [6.45, 7) is 0. The van der Waals surface area contributed by atoms with Gasteiger partial charge in [0.15, 0.2) is 0 Å². The van der Waals surface area contributed by atoms with E-state index in [4.69, 9.17) is 0 Å². The lowest BCUT2D eigenvalue weighted by molar-refractivity contribution is 0.442. The van der Waals surface area contributed by atoms with Crippen molar-refractivity contribution < 1.29 is 5.02 Å². The first kappa shape index (κ1) is 9.70. The van der Waals surface area contributed by atoms with Crippen molar-refractivity contribution in [2.24, 2.45) is 5.10 Å². The summed E-state index contributed by atoms with van der Waals surface area (Å²) in [5.41, 5.74) is 1.84. The molecule has 7 heteroatoms. The van der Waals surface area contributed by atoms with E-state index in [-0.39, 0.29) is 0 Å². The monoisotopic (exact) mass is 322 g/mol. The van der Waals surface area contributed by atoms with Crippen LogP contribution in [0.5, 0.6) is 0 Å². The van der Waals surface area contributed by atoms with E-state index in [1.165, 1.54) is 4.92 Å². The van der Waals surface area contributed by atoms with Crippen LogP contribution < -0.4 is 5.46 Å². The van der Waals surface area contributed by atoms with Crippen molar-refractivity contribution in [3.63, 3.8) is 0 Å². The first-order valence-electron chi connectivity index (χ1n) is 3.54. The SMILES string of the molecule is CN1N=Cc2c(Br)sc(Br)c2B1O. The van der Waals surface area contributed by atoms with Gasteiger partial charge in [0.2, 0.25) is 0 Å². The van der Waals surface area contributed by atoms with Crippen LogP contribution in [-0.4, -0.2) is 30.3 Å².